The Bertz CT molecular complexity index is 1310. The summed E-state index contributed by atoms with van der Waals surface area (Å²) in [5.74, 6) is 1.85. The molecule has 35 heavy (non-hydrogen) atoms. The number of benzene rings is 1. The highest BCUT2D eigenvalue weighted by molar-refractivity contribution is 5.59. The van der Waals surface area contributed by atoms with E-state index in [9.17, 15) is 4.39 Å². The van der Waals surface area contributed by atoms with Crippen molar-refractivity contribution in [1.29, 1.82) is 0 Å². The van der Waals surface area contributed by atoms with Crippen LogP contribution >= 0.6 is 0 Å². The van der Waals surface area contributed by atoms with Gasteiger partial charge >= 0.3 is 0 Å². The van der Waals surface area contributed by atoms with Crippen LogP contribution < -0.4 is 16.0 Å². The molecule has 0 bridgehead atoms. The number of aryl methyl sites for hydroxylation is 1. The standard InChI is InChI=1S/C25H26FN9/c1-17-3-2-4-21(30-17)24-28-9-7-22(33-24)32-23-8-10-29-25(34-23)31-19-5-6-20(26)18(15-19)16-35-13-11-27-12-14-35/h2-10,15,27H,11-14,16H2,1H3,(H2,28,29,31,32,33,34). The van der Waals surface area contributed by atoms with Crippen molar-refractivity contribution in [3.63, 3.8) is 0 Å². The third kappa shape index (κ3) is 5.92. The van der Waals surface area contributed by atoms with Crippen LogP contribution in [0.15, 0.2) is 60.9 Å². The molecule has 0 atom stereocenters. The van der Waals surface area contributed by atoms with Crippen molar-refractivity contribution in [1.82, 2.24) is 35.1 Å². The van der Waals surface area contributed by atoms with Gasteiger partial charge in [-0.15, -0.1) is 0 Å². The number of anilines is 4. The van der Waals surface area contributed by atoms with E-state index >= 15 is 0 Å². The largest absolute Gasteiger partial charge is 0.325 e. The molecule has 1 aliphatic heterocycles. The lowest BCUT2D eigenvalue weighted by Crippen LogP contribution is -2.43. The van der Waals surface area contributed by atoms with E-state index in [1.807, 2.05) is 31.2 Å². The van der Waals surface area contributed by atoms with Crippen LogP contribution in [0.3, 0.4) is 0 Å². The van der Waals surface area contributed by atoms with Crippen LogP contribution in [-0.4, -0.2) is 56.0 Å². The van der Waals surface area contributed by atoms with Crippen LogP contribution in [0.25, 0.3) is 11.5 Å². The number of aromatic nitrogens is 5. The first-order valence-electron chi connectivity index (χ1n) is 11.5. The molecular weight excluding hydrogens is 445 g/mol. The Labute approximate surface area is 202 Å². The number of hydrogen-bond donors (Lipinski definition) is 3. The Hall–Kier alpha value is -4.02. The Balaban J connectivity index is 1.29. The van der Waals surface area contributed by atoms with E-state index in [1.54, 1.807) is 30.6 Å². The molecule has 3 N–H and O–H groups in total. The van der Waals surface area contributed by atoms with E-state index in [0.717, 1.165) is 37.6 Å². The van der Waals surface area contributed by atoms with Gasteiger partial charge in [-0.1, -0.05) is 6.07 Å². The molecule has 10 heteroatoms. The number of hydrogen-bond acceptors (Lipinski definition) is 9. The number of piperazine rings is 1. The molecule has 0 radical (unpaired) electrons. The fourth-order valence-corrected chi connectivity index (χ4v) is 3.85. The molecule has 4 aromatic rings. The summed E-state index contributed by atoms with van der Waals surface area (Å²) in [4.78, 5) is 24.4. The minimum absolute atomic E-state index is 0.215. The summed E-state index contributed by atoms with van der Waals surface area (Å²) >= 11 is 0. The van der Waals surface area contributed by atoms with Crippen molar-refractivity contribution in [2.24, 2.45) is 0 Å². The zero-order valence-corrected chi connectivity index (χ0v) is 19.4. The van der Waals surface area contributed by atoms with Crippen molar-refractivity contribution in [3.05, 3.63) is 78.0 Å². The molecule has 1 aliphatic rings. The van der Waals surface area contributed by atoms with Gasteiger partial charge in [0.2, 0.25) is 5.95 Å². The van der Waals surface area contributed by atoms with Crippen molar-refractivity contribution in [2.75, 3.05) is 36.8 Å². The van der Waals surface area contributed by atoms with E-state index in [1.165, 1.54) is 6.07 Å². The summed E-state index contributed by atoms with van der Waals surface area (Å²) in [6, 6.07) is 14.2. The first kappa shape index (κ1) is 22.8. The molecule has 1 saturated heterocycles. The highest BCUT2D eigenvalue weighted by atomic mass is 19.1. The van der Waals surface area contributed by atoms with Gasteiger partial charge < -0.3 is 16.0 Å². The highest BCUT2D eigenvalue weighted by Gasteiger charge is 2.13. The maximum absolute atomic E-state index is 14.4. The molecule has 0 unspecified atom stereocenters. The maximum atomic E-state index is 14.4. The lowest BCUT2D eigenvalue weighted by atomic mass is 10.1. The minimum atomic E-state index is -0.215. The third-order valence-electron chi connectivity index (χ3n) is 5.59. The second kappa shape index (κ2) is 10.5. The number of pyridine rings is 1. The summed E-state index contributed by atoms with van der Waals surface area (Å²) in [6.07, 6.45) is 3.32. The average Bonchev–Trinajstić information content (AvgIpc) is 2.87. The average molecular weight is 472 g/mol. The minimum Gasteiger partial charge on any atom is -0.325 e. The molecule has 1 fully saturated rings. The Kier molecular flexibility index (Phi) is 6.82. The van der Waals surface area contributed by atoms with Crippen LogP contribution in [0.5, 0.6) is 0 Å². The van der Waals surface area contributed by atoms with E-state index in [4.69, 9.17) is 0 Å². The molecule has 9 nitrogen and oxygen atoms in total. The van der Waals surface area contributed by atoms with Crippen LogP contribution in [0, 0.1) is 12.7 Å². The summed E-state index contributed by atoms with van der Waals surface area (Å²) < 4.78 is 14.4. The third-order valence-corrected chi connectivity index (χ3v) is 5.59. The second-order valence-corrected chi connectivity index (χ2v) is 8.28. The quantitative estimate of drug-likeness (QED) is 0.372. The summed E-state index contributed by atoms with van der Waals surface area (Å²) in [5.41, 5.74) is 2.97. The van der Waals surface area contributed by atoms with Gasteiger partial charge in [0, 0.05) is 62.1 Å². The topological polar surface area (TPSA) is 104 Å². The van der Waals surface area contributed by atoms with Crippen molar-refractivity contribution in [3.8, 4) is 11.5 Å². The van der Waals surface area contributed by atoms with Crippen LogP contribution in [0.2, 0.25) is 0 Å². The second-order valence-electron chi connectivity index (χ2n) is 8.28. The van der Waals surface area contributed by atoms with Crippen molar-refractivity contribution < 1.29 is 4.39 Å². The van der Waals surface area contributed by atoms with Crippen molar-refractivity contribution >= 4 is 23.3 Å². The molecule has 1 aromatic carbocycles. The van der Waals surface area contributed by atoms with Gasteiger partial charge in [0.25, 0.3) is 0 Å². The first-order valence-corrected chi connectivity index (χ1v) is 11.5. The van der Waals surface area contributed by atoms with Gasteiger partial charge in [-0.05, 0) is 49.4 Å². The number of halogens is 1. The van der Waals surface area contributed by atoms with Gasteiger partial charge in [0.15, 0.2) is 5.82 Å². The maximum Gasteiger partial charge on any atom is 0.229 e. The van der Waals surface area contributed by atoms with Crippen LogP contribution in [-0.2, 0) is 6.54 Å². The normalized spacial score (nSPS) is 14.0. The molecule has 0 spiro atoms. The fourth-order valence-electron chi connectivity index (χ4n) is 3.85. The first-order chi connectivity index (χ1) is 17.1. The molecule has 4 heterocycles. The van der Waals surface area contributed by atoms with E-state index < -0.39 is 0 Å². The van der Waals surface area contributed by atoms with Gasteiger partial charge in [-0.25, -0.2) is 24.3 Å². The molecule has 0 saturated carbocycles. The summed E-state index contributed by atoms with van der Waals surface area (Å²) in [5, 5.41) is 9.68. The lowest BCUT2D eigenvalue weighted by Gasteiger charge is -2.27. The molecular formula is C25H26FN9. The number of rotatable bonds is 7. The predicted octanol–water partition coefficient (Wildman–Crippen LogP) is 3.67. The molecule has 5 rings (SSSR count). The van der Waals surface area contributed by atoms with Gasteiger partial charge in [-0.2, -0.15) is 4.98 Å². The number of nitrogens with one attached hydrogen (secondary N) is 3. The smallest absolute Gasteiger partial charge is 0.229 e. The predicted molar refractivity (Wildman–Crippen MR) is 133 cm³/mol. The Morgan fingerprint density at radius 2 is 1.71 bits per heavy atom. The Morgan fingerprint density at radius 3 is 2.54 bits per heavy atom. The SMILES string of the molecule is Cc1cccc(-c2nccc(Nc3ccnc(Nc4ccc(F)c(CN5CCNCC5)c4)n3)n2)n1. The Morgan fingerprint density at radius 1 is 0.914 bits per heavy atom. The zero-order valence-electron chi connectivity index (χ0n) is 19.4. The zero-order chi connectivity index (χ0) is 24.0. The lowest BCUT2D eigenvalue weighted by molar-refractivity contribution is 0.230. The van der Waals surface area contributed by atoms with Crippen molar-refractivity contribution in [2.45, 2.75) is 13.5 Å². The summed E-state index contributed by atoms with van der Waals surface area (Å²) in [7, 11) is 0. The molecule has 178 valence electrons. The van der Waals surface area contributed by atoms with Crippen LogP contribution in [0.4, 0.5) is 27.7 Å². The van der Waals surface area contributed by atoms with E-state index in [0.29, 0.717) is 41.2 Å². The number of nitrogens with zero attached hydrogens (tertiary/aromatic N) is 6. The van der Waals surface area contributed by atoms with Gasteiger partial charge in [-0.3, -0.25) is 4.90 Å². The van der Waals surface area contributed by atoms with Gasteiger partial charge in [0.05, 0.1) is 0 Å². The van der Waals surface area contributed by atoms with E-state index in [2.05, 4.69) is 45.8 Å². The molecule has 3 aromatic heterocycles. The van der Waals surface area contributed by atoms with E-state index in [-0.39, 0.29) is 5.82 Å². The fraction of sp³-hybridized carbons (Fsp3) is 0.240. The molecule has 0 amide bonds. The monoisotopic (exact) mass is 471 g/mol. The van der Waals surface area contributed by atoms with Gasteiger partial charge in [0.1, 0.15) is 23.1 Å². The summed E-state index contributed by atoms with van der Waals surface area (Å²) in [6.45, 7) is 6.13. The van der Waals surface area contributed by atoms with Crippen LogP contribution in [0.1, 0.15) is 11.3 Å². The highest BCUT2D eigenvalue weighted by Crippen LogP contribution is 2.21. The molecule has 0 aliphatic carbocycles.